The third-order valence-corrected chi connectivity index (χ3v) is 3.69. The van der Waals surface area contributed by atoms with Gasteiger partial charge in [-0.3, -0.25) is 0 Å². The largest absolute Gasteiger partial charge is 0.326 e. The SMILES string of the molecule is CCN(c1cccc(C)c1)c1nc(C)cc(C)c1CNC. The molecule has 3 heteroatoms. The van der Waals surface area contributed by atoms with Gasteiger partial charge < -0.3 is 10.2 Å². The smallest absolute Gasteiger partial charge is 0.138 e. The van der Waals surface area contributed by atoms with Gasteiger partial charge in [0, 0.05) is 30.0 Å². The van der Waals surface area contributed by atoms with Gasteiger partial charge in [0.2, 0.25) is 0 Å². The van der Waals surface area contributed by atoms with Crippen LogP contribution >= 0.6 is 0 Å². The maximum atomic E-state index is 4.82. The number of nitrogens with one attached hydrogen (secondary N) is 1. The molecule has 2 rings (SSSR count). The van der Waals surface area contributed by atoms with Crippen molar-refractivity contribution in [1.82, 2.24) is 10.3 Å². The summed E-state index contributed by atoms with van der Waals surface area (Å²) in [6.07, 6.45) is 0. The summed E-state index contributed by atoms with van der Waals surface area (Å²) >= 11 is 0. The van der Waals surface area contributed by atoms with Crippen molar-refractivity contribution in [2.45, 2.75) is 34.2 Å². The van der Waals surface area contributed by atoms with E-state index >= 15 is 0 Å². The number of hydrogen-bond donors (Lipinski definition) is 1. The Hall–Kier alpha value is -1.87. The monoisotopic (exact) mass is 283 g/mol. The molecular weight excluding hydrogens is 258 g/mol. The van der Waals surface area contributed by atoms with E-state index in [9.17, 15) is 0 Å². The molecule has 0 atom stereocenters. The van der Waals surface area contributed by atoms with Crippen LogP contribution in [0.2, 0.25) is 0 Å². The van der Waals surface area contributed by atoms with Gasteiger partial charge in [0.05, 0.1) is 0 Å². The van der Waals surface area contributed by atoms with Crippen LogP contribution in [0.5, 0.6) is 0 Å². The maximum absolute atomic E-state index is 4.82. The van der Waals surface area contributed by atoms with Gasteiger partial charge in [-0.05, 0) is 64.1 Å². The summed E-state index contributed by atoms with van der Waals surface area (Å²) in [6, 6.07) is 10.7. The third-order valence-electron chi connectivity index (χ3n) is 3.69. The summed E-state index contributed by atoms with van der Waals surface area (Å²) in [4.78, 5) is 7.11. The van der Waals surface area contributed by atoms with Crippen molar-refractivity contribution in [3.05, 3.63) is 52.7 Å². The zero-order chi connectivity index (χ0) is 15.4. The summed E-state index contributed by atoms with van der Waals surface area (Å²) in [6.45, 7) is 10.2. The van der Waals surface area contributed by atoms with E-state index in [1.54, 1.807) is 0 Å². The van der Waals surface area contributed by atoms with Crippen molar-refractivity contribution in [3.8, 4) is 0 Å². The maximum Gasteiger partial charge on any atom is 0.138 e. The molecule has 0 amide bonds. The molecule has 0 fully saturated rings. The van der Waals surface area contributed by atoms with Crippen molar-refractivity contribution in [2.24, 2.45) is 0 Å². The number of aromatic nitrogens is 1. The lowest BCUT2D eigenvalue weighted by Gasteiger charge is -2.26. The Morgan fingerprint density at radius 3 is 2.52 bits per heavy atom. The van der Waals surface area contributed by atoms with E-state index in [1.165, 1.54) is 22.4 Å². The van der Waals surface area contributed by atoms with Crippen LogP contribution in [0.3, 0.4) is 0 Å². The Morgan fingerprint density at radius 1 is 1.14 bits per heavy atom. The van der Waals surface area contributed by atoms with E-state index < -0.39 is 0 Å². The molecule has 0 radical (unpaired) electrons. The van der Waals surface area contributed by atoms with E-state index in [-0.39, 0.29) is 0 Å². The molecule has 21 heavy (non-hydrogen) atoms. The molecule has 0 saturated carbocycles. The second-order valence-electron chi connectivity index (χ2n) is 5.50. The molecule has 0 bridgehead atoms. The number of nitrogens with zero attached hydrogens (tertiary/aromatic N) is 2. The highest BCUT2D eigenvalue weighted by molar-refractivity contribution is 5.65. The highest BCUT2D eigenvalue weighted by atomic mass is 15.2. The van der Waals surface area contributed by atoms with Gasteiger partial charge in [-0.15, -0.1) is 0 Å². The molecule has 1 N–H and O–H groups in total. The van der Waals surface area contributed by atoms with Gasteiger partial charge in [-0.2, -0.15) is 0 Å². The van der Waals surface area contributed by atoms with Crippen LogP contribution in [0, 0.1) is 20.8 Å². The standard InChI is InChI=1S/C18H25N3/c1-6-21(16-9-7-8-13(2)10-16)18-17(12-19-5)14(3)11-15(4)20-18/h7-11,19H,6,12H2,1-5H3. The lowest BCUT2D eigenvalue weighted by molar-refractivity contribution is 0.797. The predicted octanol–water partition coefficient (Wildman–Crippen LogP) is 3.88. The summed E-state index contributed by atoms with van der Waals surface area (Å²) in [7, 11) is 1.98. The molecule has 0 aliphatic heterocycles. The van der Waals surface area contributed by atoms with E-state index in [1.807, 2.05) is 7.05 Å². The lowest BCUT2D eigenvalue weighted by Crippen LogP contribution is -2.22. The molecule has 1 aromatic carbocycles. The van der Waals surface area contributed by atoms with Gasteiger partial charge in [-0.25, -0.2) is 4.98 Å². The fraction of sp³-hybridized carbons (Fsp3) is 0.389. The first-order chi connectivity index (χ1) is 10.1. The lowest BCUT2D eigenvalue weighted by atomic mass is 10.1. The van der Waals surface area contributed by atoms with Crippen molar-refractivity contribution in [2.75, 3.05) is 18.5 Å². The number of hydrogen-bond acceptors (Lipinski definition) is 3. The molecule has 0 saturated heterocycles. The first-order valence-electron chi connectivity index (χ1n) is 7.52. The summed E-state index contributed by atoms with van der Waals surface area (Å²) < 4.78 is 0. The van der Waals surface area contributed by atoms with E-state index in [0.29, 0.717) is 0 Å². The minimum atomic E-state index is 0.830. The quantitative estimate of drug-likeness (QED) is 0.902. The van der Waals surface area contributed by atoms with Gasteiger partial charge in [0.25, 0.3) is 0 Å². The first kappa shape index (κ1) is 15.5. The molecular formula is C18H25N3. The molecule has 1 heterocycles. The van der Waals surface area contributed by atoms with Crippen molar-refractivity contribution in [3.63, 3.8) is 0 Å². The van der Waals surface area contributed by atoms with Crippen LogP contribution in [0.4, 0.5) is 11.5 Å². The molecule has 2 aromatic rings. The van der Waals surface area contributed by atoms with Crippen molar-refractivity contribution < 1.29 is 0 Å². The normalized spacial score (nSPS) is 10.7. The zero-order valence-electron chi connectivity index (χ0n) is 13.7. The Kier molecular flexibility index (Phi) is 4.97. The minimum Gasteiger partial charge on any atom is -0.326 e. The van der Waals surface area contributed by atoms with Gasteiger partial charge in [-0.1, -0.05) is 12.1 Å². The van der Waals surface area contributed by atoms with Gasteiger partial charge in [0.1, 0.15) is 5.82 Å². The molecule has 0 unspecified atom stereocenters. The van der Waals surface area contributed by atoms with E-state index in [0.717, 1.165) is 24.6 Å². The van der Waals surface area contributed by atoms with Crippen LogP contribution in [0.25, 0.3) is 0 Å². The van der Waals surface area contributed by atoms with E-state index in [2.05, 4.69) is 68.2 Å². The molecule has 112 valence electrons. The Labute approximate surface area is 128 Å². The fourth-order valence-corrected chi connectivity index (χ4v) is 2.71. The molecule has 0 spiro atoms. The van der Waals surface area contributed by atoms with Crippen molar-refractivity contribution in [1.29, 1.82) is 0 Å². The number of benzene rings is 1. The fourth-order valence-electron chi connectivity index (χ4n) is 2.71. The van der Waals surface area contributed by atoms with Crippen LogP contribution in [0.1, 0.15) is 29.3 Å². The Balaban J connectivity index is 2.56. The zero-order valence-corrected chi connectivity index (χ0v) is 13.7. The van der Waals surface area contributed by atoms with Crippen LogP contribution in [-0.2, 0) is 6.54 Å². The highest BCUT2D eigenvalue weighted by Crippen LogP contribution is 2.29. The predicted molar refractivity (Wildman–Crippen MR) is 90.3 cm³/mol. The second-order valence-corrected chi connectivity index (χ2v) is 5.50. The number of aryl methyl sites for hydroxylation is 3. The second kappa shape index (κ2) is 6.72. The summed E-state index contributed by atoms with van der Waals surface area (Å²) in [5.74, 6) is 1.06. The number of anilines is 2. The molecule has 3 nitrogen and oxygen atoms in total. The van der Waals surface area contributed by atoms with Crippen LogP contribution < -0.4 is 10.2 Å². The Morgan fingerprint density at radius 2 is 1.90 bits per heavy atom. The summed E-state index contributed by atoms with van der Waals surface area (Å²) in [5.41, 5.74) is 6.09. The summed E-state index contributed by atoms with van der Waals surface area (Å²) in [5, 5.41) is 3.26. The number of rotatable bonds is 5. The van der Waals surface area contributed by atoms with Crippen molar-refractivity contribution >= 4 is 11.5 Å². The van der Waals surface area contributed by atoms with Crippen LogP contribution in [-0.4, -0.2) is 18.6 Å². The average molecular weight is 283 g/mol. The third kappa shape index (κ3) is 3.42. The van der Waals surface area contributed by atoms with E-state index in [4.69, 9.17) is 4.98 Å². The molecule has 1 aromatic heterocycles. The molecule has 0 aliphatic carbocycles. The van der Waals surface area contributed by atoms with Gasteiger partial charge >= 0.3 is 0 Å². The Bertz CT molecular complexity index is 620. The van der Waals surface area contributed by atoms with Gasteiger partial charge in [0.15, 0.2) is 0 Å². The van der Waals surface area contributed by atoms with Crippen LogP contribution in [0.15, 0.2) is 30.3 Å². The number of pyridine rings is 1. The molecule has 0 aliphatic rings. The topological polar surface area (TPSA) is 28.2 Å². The first-order valence-corrected chi connectivity index (χ1v) is 7.52. The highest BCUT2D eigenvalue weighted by Gasteiger charge is 2.16. The minimum absolute atomic E-state index is 0.830. The average Bonchev–Trinajstić information content (AvgIpc) is 2.43.